The number of piperidine rings is 1. The number of carbonyl (C=O) groups excluding carboxylic acids is 1. The first-order valence-corrected chi connectivity index (χ1v) is 6.56. The molecule has 0 aromatic heterocycles. The van der Waals surface area contributed by atoms with E-state index in [1.54, 1.807) is 17.0 Å². The van der Waals surface area contributed by atoms with Crippen LogP contribution in [0.1, 0.15) is 24.8 Å². The Balaban J connectivity index is 2.24. The molecule has 1 atom stereocenters. The molecule has 0 spiro atoms. The van der Waals surface area contributed by atoms with Gasteiger partial charge in [-0.25, -0.2) is 4.90 Å². The van der Waals surface area contributed by atoms with Crippen molar-refractivity contribution in [2.75, 3.05) is 13.1 Å². The summed E-state index contributed by atoms with van der Waals surface area (Å²) in [7, 11) is 0. The number of amides is 1. The molecule has 0 aliphatic carbocycles. The molecule has 1 aliphatic heterocycles. The van der Waals surface area contributed by atoms with E-state index in [1.807, 2.05) is 19.1 Å². The number of hydrogen-bond donors (Lipinski definition) is 2. The maximum absolute atomic E-state index is 11.6. The van der Waals surface area contributed by atoms with Gasteiger partial charge in [-0.3, -0.25) is 4.79 Å². The number of para-hydroxylation sites is 1. The molecule has 5 nitrogen and oxygen atoms in total. The largest absolute Gasteiger partial charge is 0.441 e. The molecule has 19 heavy (non-hydrogen) atoms. The van der Waals surface area contributed by atoms with Crippen LogP contribution in [0.15, 0.2) is 24.3 Å². The molecule has 104 valence electrons. The standard InChI is InChI=1S/C14H20N2O3/c1-11-7-3-4-8-12(11)19-14(18,13(15)17)16-9-5-2-6-10-16/h3-4,7-8,18H,2,5-6,9-10H2,1H3,(H2,15,17). The Morgan fingerprint density at radius 3 is 2.53 bits per heavy atom. The van der Waals surface area contributed by atoms with Gasteiger partial charge in [0.25, 0.3) is 0 Å². The molecule has 3 N–H and O–H groups in total. The number of nitrogens with two attached hydrogens (primary N) is 1. The summed E-state index contributed by atoms with van der Waals surface area (Å²) in [5, 5.41) is 10.5. The van der Waals surface area contributed by atoms with Gasteiger partial charge in [0.15, 0.2) is 0 Å². The highest BCUT2D eigenvalue weighted by Gasteiger charge is 2.44. The van der Waals surface area contributed by atoms with Crippen molar-refractivity contribution in [3.8, 4) is 5.75 Å². The number of aliphatic hydroxyl groups is 1. The predicted molar refractivity (Wildman–Crippen MR) is 71.4 cm³/mol. The molecule has 0 bridgehead atoms. The van der Waals surface area contributed by atoms with E-state index in [2.05, 4.69) is 0 Å². The van der Waals surface area contributed by atoms with E-state index in [4.69, 9.17) is 10.5 Å². The minimum Gasteiger partial charge on any atom is -0.441 e. The molecule has 1 saturated heterocycles. The maximum atomic E-state index is 11.6. The minimum atomic E-state index is -2.06. The summed E-state index contributed by atoms with van der Waals surface area (Å²) in [5.41, 5.74) is 6.19. The zero-order chi connectivity index (χ0) is 13.9. The van der Waals surface area contributed by atoms with Gasteiger partial charge in [0.2, 0.25) is 0 Å². The van der Waals surface area contributed by atoms with Gasteiger partial charge in [-0.1, -0.05) is 24.6 Å². The van der Waals surface area contributed by atoms with Gasteiger partial charge in [-0.15, -0.1) is 0 Å². The van der Waals surface area contributed by atoms with Crippen LogP contribution >= 0.6 is 0 Å². The summed E-state index contributed by atoms with van der Waals surface area (Å²) < 4.78 is 5.54. The molecule has 0 radical (unpaired) electrons. The summed E-state index contributed by atoms with van der Waals surface area (Å²) in [6.07, 6.45) is 2.94. The molecule has 1 aromatic rings. The third-order valence-corrected chi connectivity index (χ3v) is 3.45. The van der Waals surface area contributed by atoms with Gasteiger partial charge in [0.05, 0.1) is 0 Å². The SMILES string of the molecule is Cc1ccccc1OC(O)(C(N)=O)N1CCCCC1. The molecule has 1 amide bonds. The molecule has 1 aromatic carbocycles. The number of nitrogens with zero attached hydrogens (tertiary/aromatic N) is 1. The molecular weight excluding hydrogens is 244 g/mol. The average molecular weight is 264 g/mol. The van der Waals surface area contributed by atoms with E-state index in [9.17, 15) is 9.90 Å². The van der Waals surface area contributed by atoms with Crippen molar-refractivity contribution < 1.29 is 14.6 Å². The fraction of sp³-hybridized carbons (Fsp3) is 0.500. The number of aryl methyl sites for hydroxylation is 1. The van der Waals surface area contributed by atoms with Crippen LogP contribution in [0, 0.1) is 6.92 Å². The van der Waals surface area contributed by atoms with Crippen molar-refractivity contribution in [1.29, 1.82) is 0 Å². The van der Waals surface area contributed by atoms with E-state index in [0.717, 1.165) is 24.8 Å². The van der Waals surface area contributed by atoms with Crippen LogP contribution < -0.4 is 10.5 Å². The number of ether oxygens (including phenoxy) is 1. The van der Waals surface area contributed by atoms with E-state index < -0.39 is 11.8 Å². The van der Waals surface area contributed by atoms with Crippen LogP contribution in [-0.2, 0) is 4.79 Å². The molecule has 1 aliphatic rings. The van der Waals surface area contributed by atoms with Crippen molar-refractivity contribution >= 4 is 5.91 Å². The highest BCUT2D eigenvalue weighted by molar-refractivity contribution is 5.81. The average Bonchev–Trinajstić information content (AvgIpc) is 2.42. The highest BCUT2D eigenvalue weighted by atomic mass is 16.7. The Hall–Kier alpha value is -1.59. The minimum absolute atomic E-state index is 0.467. The zero-order valence-corrected chi connectivity index (χ0v) is 11.1. The van der Waals surface area contributed by atoms with Crippen LogP contribution in [0.3, 0.4) is 0 Å². The van der Waals surface area contributed by atoms with Gasteiger partial charge >= 0.3 is 11.8 Å². The van der Waals surface area contributed by atoms with E-state index >= 15 is 0 Å². The lowest BCUT2D eigenvalue weighted by Gasteiger charge is -2.38. The number of carbonyl (C=O) groups is 1. The van der Waals surface area contributed by atoms with E-state index in [0.29, 0.717) is 18.8 Å². The monoisotopic (exact) mass is 264 g/mol. The predicted octanol–water partition coefficient (Wildman–Crippen LogP) is 0.991. The Morgan fingerprint density at radius 2 is 1.95 bits per heavy atom. The second-order valence-corrected chi connectivity index (χ2v) is 4.89. The molecule has 1 fully saturated rings. The first-order chi connectivity index (χ1) is 9.04. The van der Waals surface area contributed by atoms with Crippen LogP contribution in [0.5, 0.6) is 5.75 Å². The number of likely N-dealkylation sites (tertiary alicyclic amines) is 1. The summed E-state index contributed by atoms with van der Waals surface area (Å²) in [5.74, 6) is -2.47. The van der Waals surface area contributed by atoms with E-state index in [1.165, 1.54) is 0 Å². The summed E-state index contributed by atoms with van der Waals surface area (Å²) in [6, 6.07) is 7.23. The number of rotatable bonds is 4. The maximum Gasteiger partial charge on any atom is 0.353 e. The van der Waals surface area contributed by atoms with Crippen molar-refractivity contribution in [2.45, 2.75) is 32.1 Å². The van der Waals surface area contributed by atoms with Gasteiger partial charge < -0.3 is 15.6 Å². The second-order valence-electron chi connectivity index (χ2n) is 4.89. The van der Waals surface area contributed by atoms with Crippen LogP contribution in [0.25, 0.3) is 0 Å². The van der Waals surface area contributed by atoms with E-state index in [-0.39, 0.29) is 0 Å². The Labute approximate surface area is 113 Å². The van der Waals surface area contributed by atoms with Gasteiger partial charge in [0.1, 0.15) is 5.75 Å². The van der Waals surface area contributed by atoms with Crippen LogP contribution in [0.2, 0.25) is 0 Å². The van der Waals surface area contributed by atoms with Crippen molar-refractivity contribution in [1.82, 2.24) is 4.90 Å². The molecule has 1 unspecified atom stereocenters. The summed E-state index contributed by atoms with van der Waals surface area (Å²) >= 11 is 0. The van der Waals surface area contributed by atoms with Gasteiger partial charge in [-0.05, 0) is 31.4 Å². The lowest BCUT2D eigenvalue weighted by molar-refractivity contribution is -0.236. The van der Waals surface area contributed by atoms with Crippen LogP contribution in [-0.4, -0.2) is 34.9 Å². The fourth-order valence-corrected chi connectivity index (χ4v) is 2.29. The first kappa shape index (κ1) is 13.8. The molecule has 1 heterocycles. The topological polar surface area (TPSA) is 75.8 Å². The third kappa shape index (κ3) is 2.88. The van der Waals surface area contributed by atoms with Crippen molar-refractivity contribution in [2.24, 2.45) is 5.73 Å². The quantitative estimate of drug-likeness (QED) is 0.795. The molecular formula is C14H20N2O3. The molecule has 0 saturated carbocycles. The number of hydrogen-bond acceptors (Lipinski definition) is 4. The highest BCUT2D eigenvalue weighted by Crippen LogP contribution is 2.25. The molecule has 5 heteroatoms. The Kier molecular flexibility index (Phi) is 4.07. The molecule has 2 rings (SSSR count). The normalized spacial score (nSPS) is 19.7. The lowest BCUT2D eigenvalue weighted by atomic mass is 10.1. The van der Waals surface area contributed by atoms with Crippen molar-refractivity contribution in [3.63, 3.8) is 0 Å². The number of primary amides is 1. The smallest absolute Gasteiger partial charge is 0.353 e. The zero-order valence-electron chi connectivity index (χ0n) is 11.1. The van der Waals surface area contributed by atoms with Gasteiger partial charge in [-0.2, -0.15) is 0 Å². The first-order valence-electron chi connectivity index (χ1n) is 6.56. The van der Waals surface area contributed by atoms with Gasteiger partial charge in [0, 0.05) is 13.1 Å². The third-order valence-electron chi connectivity index (χ3n) is 3.45. The summed E-state index contributed by atoms with van der Waals surface area (Å²) in [6.45, 7) is 3.06. The van der Waals surface area contributed by atoms with Crippen LogP contribution in [0.4, 0.5) is 0 Å². The lowest BCUT2D eigenvalue weighted by Crippen LogP contribution is -2.62. The second kappa shape index (κ2) is 5.59. The Bertz CT molecular complexity index is 458. The Morgan fingerprint density at radius 1 is 1.32 bits per heavy atom. The number of benzene rings is 1. The van der Waals surface area contributed by atoms with Crippen molar-refractivity contribution in [3.05, 3.63) is 29.8 Å². The summed E-state index contributed by atoms with van der Waals surface area (Å²) in [4.78, 5) is 13.2. The fourth-order valence-electron chi connectivity index (χ4n) is 2.29.